The van der Waals surface area contributed by atoms with Crippen molar-refractivity contribution < 1.29 is 8.91 Å². The van der Waals surface area contributed by atoms with Gasteiger partial charge in [-0.15, -0.1) is 0 Å². The highest BCUT2D eigenvalue weighted by Crippen LogP contribution is 2.21. The number of rotatable bonds is 6. The van der Waals surface area contributed by atoms with Crippen LogP contribution in [0.15, 0.2) is 22.7 Å². The lowest BCUT2D eigenvalue weighted by molar-refractivity contribution is 0.141. The van der Waals surface area contributed by atoms with Gasteiger partial charge in [-0.1, -0.05) is 30.6 Å². The summed E-state index contributed by atoms with van der Waals surface area (Å²) in [6, 6.07) is 5.76. The molecule has 0 radical (unpaired) electrons. The average molecular weight is 331 g/mol. The standard InChI is InChI=1S/C19H26FN3O/c1-3-16-7-4-5-11-23(16)12-6-8-18-21-19(22-24-18)15-10-9-14(2)17(20)13-15/h9-10,13,16H,3-8,11-12H2,1-2H3. The normalized spacial score (nSPS) is 18.9. The van der Waals surface area contributed by atoms with Gasteiger partial charge in [0.25, 0.3) is 0 Å². The summed E-state index contributed by atoms with van der Waals surface area (Å²) < 4.78 is 19.0. The van der Waals surface area contributed by atoms with E-state index in [4.69, 9.17) is 4.52 Å². The molecule has 1 aromatic heterocycles. The Hall–Kier alpha value is -1.75. The Labute approximate surface area is 143 Å². The minimum atomic E-state index is -0.241. The molecule has 1 unspecified atom stereocenters. The Morgan fingerprint density at radius 1 is 1.33 bits per heavy atom. The van der Waals surface area contributed by atoms with Gasteiger partial charge < -0.3 is 9.42 Å². The predicted octanol–water partition coefficient (Wildman–Crippen LogP) is 4.38. The van der Waals surface area contributed by atoms with Crippen LogP contribution in [0, 0.1) is 12.7 Å². The SMILES string of the molecule is CCC1CCCCN1CCCc1nc(-c2ccc(C)c(F)c2)no1. The highest BCUT2D eigenvalue weighted by Gasteiger charge is 2.20. The first-order valence-corrected chi connectivity index (χ1v) is 9.00. The molecule has 1 atom stereocenters. The van der Waals surface area contributed by atoms with Crippen LogP contribution >= 0.6 is 0 Å². The first kappa shape index (κ1) is 17.1. The number of piperidine rings is 1. The van der Waals surface area contributed by atoms with Crippen LogP contribution in [0.3, 0.4) is 0 Å². The molecule has 0 saturated carbocycles. The maximum Gasteiger partial charge on any atom is 0.227 e. The highest BCUT2D eigenvalue weighted by molar-refractivity contribution is 5.54. The lowest BCUT2D eigenvalue weighted by Gasteiger charge is -2.35. The van der Waals surface area contributed by atoms with E-state index in [1.165, 1.54) is 38.3 Å². The molecule has 3 rings (SSSR count). The molecule has 4 nitrogen and oxygen atoms in total. The van der Waals surface area contributed by atoms with Gasteiger partial charge in [0.15, 0.2) is 0 Å². The maximum atomic E-state index is 13.7. The minimum Gasteiger partial charge on any atom is -0.339 e. The number of likely N-dealkylation sites (tertiary alicyclic amines) is 1. The van der Waals surface area contributed by atoms with Gasteiger partial charge in [0, 0.05) is 18.0 Å². The summed E-state index contributed by atoms with van der Waals surface area (Å²) in [6.45, 7) is 6.30. The summed E-state index contributed by atoms with van der Waals surface area (Å²) in [5, 5.41) is 3.99. The topological polar surface area (TPSA) is 42.2 Å². The van der Waals surface area contributed by atoms with E-state index in [0.717, 1.165) is 25.4 Å². The third-order valence-corrected chi connectivity index (χ3v) is 4.95. The Morgan fingerprint density at radius 3 is 3.00 bits per heavy atom. The molecule has 1 aliphatic heterocycles. The smallest absolute Gasteiger partial charge is 0.227 e. The molecule has 0 spiro atoms. The number of nitrogens with zero attached hydrogens (tertiary/aromatic N) is 3. The van der Waals surface area contributed by atoms with E-state index in [2.05, 4.69) is 22.0 Å². The van der Waals surface area contributed by atoms with Crippen LogP contribution < -0.4 is 0 Å². The molecule has 1 fully saturated rings. The van der Waals surface area contributed by atoms with E-state index >= 15 is 0 Å². The van der Waals surface area contributed by atoms with E-state index < -0.39 is 0 Å². The molecule has 0 N–H and O–H groups in total. The molecular formula is C19H26FN3O. The molecule has 2 aromatic rings. The molecule has 2 heterocycles. The van der Waals surface area contributed by atoms with Crippen molar-refractivity contribution in [2.75, 3.05) is 13.1 Å². The van der Waals surface area contributed by atoms with Crippen molar-refractivity contribution in [3.8, 4) is 11.4 Å². The van der Waals surface area contributed by atoms with E-state index in [1.807, 2.05) is 6.07 Å². The Bertz CT molecular complexity index is 670. The van der Waals surface area contributed by atoms with E-state index in [0.29, 0.717) is 22.8 Å². The van der Waals surface area contributed by atoms with Crippen molar-refractivity contribution >= 4 is 0 Å². The summed E-state index contributed by atoms with van der Waals surface area (Å²) in [4.78, 5) is 7.00. The van der Waals surface area contributed by atoms with Crippen LogP contribution in [-0.4, -0.2) is 34.2 Å². The number of hydrogen-bond acceptors (Lipinski definition) is 4. The number of hydrogen-bond donors (Lipinski definition) is 0. The molecule has 1 saturated heterocycles. The summed E-state index contributed by atoms with van der Waals surface area (Å²) >= 11 is 0. The largest absolute Gasteiger partial charge is 0.339 e. The van der Waals surface area contributed by atoms with Crippen molar-refractivity contribution in [1.29, 1.82) is 0 Å². The van der Waals surface area contributed by atoms with E-state index in [9.17, 15) is 4.39 Å². The lowest BCUT2D eigenvalue weighted by Crippen LogP contribution is -2.39. The molecular weight excluding hydrogens is 305 g/mol. The molecule has 0 aliphatic carbocycles. The minimum absolute atomic E-state index is 0.241. The molecule has 24 heavy (non-hydrogen) atoms. The highest BCUT2D eigenvalue weighted by atomic mass is 19.1. The van der Waals surface area contributed by atoms with Crippen LogP contribution in [-0.2, 0) is 6.42 Å². The summed E-state index contributed by atoms with van der Waals surface area (Å²) in [6.07, 6.45) is 6.99. The first-order valence-electron chi connectivity index (χ1n) is 9.00. The van der Waals surface area contributed by atoms with E-state index in [-0.39, 0.29) is 5.82 Å². The van der Waals surface area contributed by atoms with Crippen LogP contribution in [0.1, 0.15) is 50.5 Å². The fraction of sp³-hybridized carbons (Fsp3) is 0.579. The molecule has 5 heteroatoms. The Kier molecular flexibility index (Phi) is 5.61. The van der Waals surface area contributed by atoms with E-state index in [1.54, 1.807) is 13.0 Å². The number of benzene rings is 1. The van der Waals surface area contributed by atoms with Crippen molar-refractivity contribution in [2.45, 2.75) is 58.4 Å². The maximum absolute atomic E-state index is 13.7. The zero-order chi connectivity index (χ0) is 16.9. The van der Waals surface area contributed by atoms with Crippen LogP contribution in [0.4, 0.5) is 4.39 Å². The average Bonchev–Trinajstić information content (AvgIpc) is 3.06. The Morgan fingerprint density at radius 2 is 2.21 bits per heavy atom. The summed E-state index contributed by atoms with van der Waals surface area (Å²) in [7, 11) is 0. The number of halogens is 1. The first-order chi connectivity index (χ1) is 11.7. The van der Waals surface area contributed by atoms with Gasteiger partial charge in [0.2, 0.25) is 11.7 Å². The van der Waals surface area contributed by atoms with Crippen LogP contribution in [0.25, 0.3) is 11.4 Å². The predicted molar refractivity (Wildman–Crippen MR) is 92.3 cm³/mol. The third-order valence-electron chi connectivity index (χ3n) is 4.95. The van der Waals surface area contributed by atoms with Gasteiger partial charge in [-0.25, -0.2) is 4.39 Å². The quantitative estimate of drug-likeness (QED) is 0.788. The fourth-order valence-corrected chi connectivity index (χ4v) is 3.46. The van der Waals surface area contributed by atoms with Gasteiger partial charge in [-0.3, -0.25) is 0 Å². The molecule has 1 aliphatic rings. The Balaban J connectivity index is 1.55. The zero-order valence-electron chi connectivity index (χ0n) is 14.6. The third kappa shape index (κ3) is 4.01. The van der Waals surface area contributed by atoms with Gasteiger partial charge in [-0.2, -0.15) is 4.98 Å². The molecule has 0 bridgehead atoms. The molecule has 1 aromatic carbocycles. The number of aromatic nitrogens is 2. The molecule has 0 amide bonds. The fourth-order valence-electron chi connectivity index (χ4n) is 3.46. The van der Waals surface area contributed by atoms with Gasteiger partial charge in [0.05, 0.1) is 0 Å². The van der Waals surface area contributed by atoms with Crippen molar-refractivity contribution in [3.63, 3.8) is 0 Å². The second kappa shape index (κ2) is 7.88. The summed E-state index contributed by atoms with van der Waals surface area (Å²) in [5.41, 5.74) is 1.28. The van der Waals surface area contributed by atoms with Crippen molar-refractivity contribution in [2.24, 2.45) is 0 Å². The lowest BCUT2D eigenvalue weighted by atomic mass is 10.00. The van der Waals surface area contributed by atoms with Gasteiger partial charge in [0.1, 0.15) is 5.82 Å². The van der Waals surface area contributed by atoms with Crippen LogP contribution in [0.5, 0.6) is 0 Å². The van der Waals surface area contributed by atoms with Crippen molar-refractivity contribution in [3.05, 3.63) is 35.5 Å². The zero-order valence-corrected chi connectivity index (χ0v) is 14.6. The number of aryl methyl sites for hydroxylation is 2. The second-order valence-electron chi connectivity index (χ2n) is 6.67. The second-order valence-corrected chi connectivity index (χ2v) is 6.67. The monoisotopic (exact) mass is 331 g/mol. The molecule has 130 valence electrons. The van der Waals surface area contributed by atoms with Crippen LogP contribution in [0.2, 0.25) is 0 Å². The van der Waals surface area contributed by atoms with Gasteiger partial charge in [-0.05, 0) is 57.3 Å². The van der Waals surface area contributed by atoms with Crippen molar-refractivity contribution in [1.82, 2.24) is 15.0 Å². The summed E-state index contributed by atoms with van der Waals surface area (Å²) in [5.74, 6) is 0.860. The van der Waals surface area contributed by atoms with Gasteiger partial charge >= 0.3 is 0 Å².